The zero-order chi connectivity index (χ0) is 12.6. The highest BCUT2D eigenvalue weighted by molar-refractivity contribution is 5.85. The normalized spacial score (nSPS) is 10.4. The quantitative estimate of drug-likeness (QED) is 0.605. The Morgan fingerprint density at radius 3 is 2.06 bits per heavy atom. The van der Waals surface area contributed by atoms with Crippen LogP contribution in [0, 0.1) is 5.41 Å². The van der Waals surface area contributed by atoms with E-state index in [0.29, 0.717) is 19.5 Å². The van der Waals surface area contributed by atoms with Gasteiger partial charge in [0.2, 0.25) is 11.8 Å². The van der Waals surface area contributed by atoms with Crippen molar-refractivity contribution < 1.29 is 9.59 Å². The number of carbonyl (C=O) groups excluding carboxylic acids is 2. The number of halogens is 1. The molecule has 0 unspecified atom stereocenters. The van der Waals surface area contributed by atoms with Crippen molar-refractivity contribution in [2.24, 2.45) is 5.41 Å². The number of likely N-dealkylation sites (N-methyl/N-ethyl adjacent to an activating group) is 1. The molecule has 0 heterocycles. The minimum absolute atomic E-state index is 0. The Morgan fingerprint density at radius 1 is 1.00 bits per heavy atom. The SMILES string of the molecule is CNCCNC(=O)CCNC(=O)C(C)(C)C.Cl. The van der Waals surface area contributed by atoms with E-state index in [0.717, 1.165) is 6.54 Å². The molecule has 0 aliphatic heterocycles. The van der Waals surface area contributed by atoms with Crippen LogP contribution in [-0.2, 0) is 9.59 Å². The van der Waals surface area contributed by atoms with Gasteiger partial charge in [0.05, 0.1) is 0 Å². The second kappa shape index (κ2) is 9.24. The van der Waals surface area contributed by atoms with Crippen molar-refractivity contribution in [2.75, 3.05) is 26.7 Å². The van der Waals surface area contributed by atoms with E-state index in [-0.39, 0.29) is 24.2 Å². The van der Waals surface area contributed by atoms with Crippen LogP contribution in [0.25, 0.3) is 0 Å². The lowest BCUT2D eigenvalue weighted by molar-refractivity contribution is -0.128. The molecule has 6 heteroatoms. The van der Waals surface area contributed by atoms with Crippen LogP contribution in [0.5, 0.6) is 0 Å². The van der Waals surface area contributed by atoms with Gasteiger partial charge in [-0.15, -0.1) is 12.4 Å². The molecule has 0 fully saturated rings. The van der Waals surface area contributed by atoms with Crippen LogP contribution >= 0.6 is 12.4 Å². The predicted octanol–water partition coefficient (Wildman–Crippen LogP) is 0.296. The summed E-state index contributed by atoms with van der Waals surface area (Å²) in [6.45, 7) is 7.28. The second-order valence-corrected chi connectivity index (χ2v) is 4.71. The Morgan fingerprint density at radius 2 is 1.59 bits per heavy atom. The fourth-order valence-corrected chi connectivity index (χ4v) is 0.970. The van der Waals surface area contributed by atoms with E-state index in [1.54, 1.807) is 0 Å². The second-order valence-electron chi connectivity index (χ2n) is 4.71. The van der Waals surface area contributed by atoms with Gasteiger partial charge in [-0.3, -0.25) is 9.59 Å². The fraction of sp³-hybridized carbons (Fsp3) is 0.818. The van der Waals surface area contributed by atoms with Crippen LogP contribution in [0.15, 0.2) is 0 Å². The molecular formula is C11H24ClN3O2. The van der Waals surface area contributed by atoms with Gasteiger partial charge in [0.15, 0.2) is 0 Å². The van der Waals surface area contributed by atoms with Crippen LogP contribution < -0.4 is 16.0 Å². The number of carbonyl (C=O) groups is 2. The van der Waals surface area contributed by atoms with Crippen molar-refractivity contribution in [3.63, 3.8) is 0 Å². The molecule has 5 nitrogen and oxygen atoms in total. The van der Waals surface area contributed by atoms with Crippen LogP contribution in [0.2, 0.25) is 0 Å². The third kappa shape index (κ3) is 10.1. The lowest BCUT2D eigenvalue weighted by Crippen LogP contribution is -2.38. The third-order valence-electron chi connectivity index (χ3n) is 2.02. The van der Waals surface area contributed by atoms with Crippen molar-refractivity contribution >= 4 is 24.2 Å². The summed E-state index contributed by atoms with van der Waals surface area (Å²) < 4.78 is 0. The van der Waals surface area contributed by atoms with Gasteiger partial charge >= 0.3 is 0 Å². The van der Waals surface area contributed by atoms with Crippen LogP contribution in [0.3, 0.4) is 0 Å². The molecule has 3 N–H and O–H groups in total. The average Bonchev–Trinajstić information content (AvgIpc) is 2.16. The van der Waals surface area contributed by atoms with Crippen LogP contribution in [-0.4, -0.2) is 38.5 Å². The molecule has 0 bridgehead atoms. The minimum Gasteiger partial charge on any atom is -0.355 e. The van der Waals surface area contributed by atoms with E-state index in [1.807, 2.05) is 27.8 Å². The zero-order valence-electron chi connectivity index (χ0n) is 11.1. The summed E-state index contributed by atoms with van der Waals surface area (Å²) in [5.41, 5.74) is -0.400. The molecule has 17 heavy (non-hydrogen) atoms. The first-order chi connectivity index (χ1) is 7.38. The zero-order valence-corrected chi connectivity index (χ0v) is 11.9. The number of hydrogen-bond donors (Lipinski definition) is 3. The highest BCUT2D eigenvalue weighted by Gasteiger charge is 2.20. The van der Waals surface area contributed by atoms with Gasteiger partial charge in [0, 0.05) is 31.5 Å². The maximum Gasteiger partial charge on any atom is 0.225 e. The number of hydrogen-bond acceptors (Lipinski definition) is 3. The molecule has 0 aliphatic rings. The van der Waals surface area contributed by atoms with Crippen molar-refractivity contribution in [1.82, 2.24) is 16.0 Å². The van der Waals surface area contributed by atoms with Gasteiger partial charge in [-0.25, -0.2) is 0 Å². The summed E-state index contributed by atoms with van der Waals surface area (Å²) in [6, 6.07) is 0. The molecule has 0 radical (unpaired) electrons. The Hall–Kier alpha value is -0.810. The van der Waals surface area contributed by atoms with Crippen LogP contribution in [0.1, 0.15) is 27.2 Å². The average molecular weight is 266 g/mol. The fourth-order valence-electron chi connectivity index (χ4n) is 0.970. The number of nitrogens with one attached hydrogen (secondary N) is 3. The largest absolute Gasteiger partial charge is 0.355 e. The Balaban J connectivity index is 0. The third-order valence-corrected chi connectivity index (χ3v) is 2.02. The van der Waals surface area contributed by atoms with Gasteiger partial charge < -0.3 is 16.0 Å². The van der Waals surface area contributed by atoms with Crippen molar-refractivity contribution in [2.45, 2.75) is 27.2 Å². The lowest BCUT2D eigenvalue weighted by atomic mass is 9.96. The maximum atomic E-state index is 11.5. The van der Waals surface area contributed by atoms with Crippen molar-refractivity contribution in [3.8, 4) is 0 Å². The number of amides is 2. The standard InChI is InChI=1S/C11H23N3O2.ClH/c1-11(2,3)10(16)14-6-5-9(15)13-8-7-12-4;/h12H,5-8H2,1-4H3,(H,13,15)(H,14,16);1H. The molecule has 0 atom stereocenters. The molecule has 0 saturated carbocycles. The highest BCUT2D eigenvalue weighted by atomic mass is 35.5. The molecule has 0 rings (SSSR count). The van der Waals surface area contributed by atoms with E-state index in [4.69, 9.17) is 0 Å². The molecule has 0 aromatic rings. The summed E-state index contributed by atoms with van der Waals surface area (Å²) in [5.74, 6) is -0.0695. The highest BCUT2D eigenvalue weighted by Crippen LogP contribution is 2.11. The first kappa shape index (κ1) is 18.6. The smallest absolute Gasteiger partial charge is 0.225 e. The van der Waals surface area contributed by atoms with E-state index in [9.17, 15) is 9.59 Å². The molecule has 0 saturated heterocycles. The van der Waals surface area contributed by atoms with E-state index >= 15 is 0 Å². The summed E-state index contributed by atoms with van der Waals surface area (Å²) >= 11 is 0. The molecule has 102 valence electrons. The van der Waals surface area contributed by atoms with Gasteiger partial charge in [-0.2, -0.15) is 0 Å². The van der Waals surface area contributed by atoms with Gasteiger partial charge in [-0.1, -0.05) is 20.8 Å². The summed E-state index contributed by atoms with van der Waals surface area (Å²) in [7, 11) is 1.83. The maximum absolute atomic E-state index is 11.5. The topological polar surface area (TPSA) is 70.2 Å². The van der Waals surface area contributed by atoms with Gasteiger partial charge in [0.1, 0.15) is 0 Å². The van der Waals surface area contributed by atoms with Crippen molar-refractivity contribution in [3.05, 3.63) is 0 Å². The van der Waals surface area contributed by atoms with Gasteiger partial charge in [0.25, 0.3) is 0 Å². The first-order valence-corrected chi connectivity index (χ1v) is 5.57. The molecule has 0 spiro atoms. The van der Waals surface area contributed by atoms with E-state index in [2.05, 4.69) is 16.0 Å². The summed E-state index contributed by atoms with van der Waals surface area (Å²) in [6.07, 6.45) is 0.325. The lowest BCUT2D eigenvalue weighted by Gasteiger charge is -2.17. The van der Waals surface area contributed by atoms with E-state index < -0.39 is 5.41 Å². The number of rotatable bonds is 6. The summed E-state index contributed by atoms with van der Waals surface area (Å²) in [5, 5.41) is 8.40. The van der Waals surface area contributed by atoms with Crippen molar-refractivity contribution in [1.29, 1.82) is 0 Å². The molecular weight excluding hydrogens is 242 g/mol. The predicted molar refractivity (Wildman–Crippen MR) is 71.3 cm³/mol. The van der Waals surface area contributed by atoms with Gasteiger partial charge in [-0.05, 0) is 7.05 Å². The van der Waals surface area contributed by atoms with Crippen LogP contribution in [0.4, 0.5) is 0 Å². The Bertz CT molecular complexity index is 239. The Labute approximate surface area is 110 Å². The molecule has 2 amide bonds. The molecule has 0 aromatic carbocycles. The first-order valence-electron chi connectivity index (χ1n) is 5.57. The summed E-state index contributed by atoms with van der Waals surface area (Å²) in [4.78, 5) is 22.7. The monoisotopic (exact) mass is 265 g/mol. The minimum atomic E-state index is -0.400. The van der Waals surface area contributed by atoms with E-state index in [1.165, 1.54) is 0 Å². The Kier molecular flexibility index (Phi) is 10.1. The molecule has 0 aromatic heterocycles. The molecule has 0 aliphatic carbocycles.